The molecule has 0 saturated heterocycles. The lowest BCUT2D eigenvalue weighted by molar-refractivity contribution is 0.146. The SMILES string of the molecule is COCC(C)C(N)c1nn[nH]n1. The van der Waals surface area contributed by atoms with Gasteiger partial charge in [0.05, 0.1) is 12.6 Å². The Kier molecular flexibility index (Phi) is 3.12. The maximum atomic E-state index is 5.80. The Morgan fingerprint density at radius 1 is 1.67 bits per heavy atom. The lowest BCUT2D eigenvalue weighted by Crippen LogP contribution is -2.23. The van der Waals surface area contributed by atoms with Crippen molar-refractivity contribution >= 4 is 0 Å². The van der Waals surface area contributed by atoms with Crippen LogP contribution >= 0.6 is 0 Å². The average molecular weight is 171 g/mol. The summed E-state index contributed by atoms with van der Waals surface area (Å²) in [5, 5.41) is 13.4. The van der Waals surface area contributed by atoms with Gasteiger partial charge in [0.1, 0.15) is 0 Å². The van der Waals surface area contributed by atoms with E-state index in [0.29, 0.717) is 12.4 Å². The van der Waals surface area contributed by atoms with Crippen LogP contribution in [-0.4, -0.2) is 34.3 Å². The largest absolute Gasteiger partial charge is 0.384 e. The Balaban J connectivity index is 2.53. The molecule has 1 aromatic heterocycles. The molecule has 68 valence electrons. The van der Waals surface area contributed by atoms with Crippen molar-refractivity contribution in [3.8, 4) is 0 Å². The van der Waals surface area contributed by atoms with Crippen molar-refractivity contribution in [3.63, 3.8) is 0 Å². The van der Waals surface area contributed by atoms with Crippen LogP contribution in [0, 0.1) is 5.92 Å². The van der Waals surface area contributed by atoms with E-state index < -0.39 is 0 Å². The number of ether oxygens (including phenoxy) is 1. The topological polar surface area (TPSA) is 89.7 Å². The molecule has 3 N–H and O–H groups in total. The van der Waals surface area contributed by atoms with Crippen LogP contribution in [0.4, 0.5) is 0 Å². The third-order valence-corrected chi connectivity index (χ3v) is 1.70. The fourth-order valence-corrected chi connectivity index (χ4v) is 0.932. The van der Waals surface area contributed by atoms with E-state index in [-0.39, 0.29) is 12.0 Å². The minimum absolute atomic E-state index is 0.188. The molecule has 12 heavy (non-hydrogen) atoms. The zero-order valence-electron chi connectivity index (χ0n) is 7.19. The average Bonchev–Trinajstić information content (AvgIpc) is 2.55. The van der Waals surface area contributed by atoms with Crippen molar-refractivity contribution in [1.29, 1.82) is 0 Å². The van der Waals surface area contributed by atoms with Gasteiger partial charge in [-0.1, -0.05) is 12.1 Å². The van der Waals surface area contributed by atoms with Gasteiger partial charge in [-0.05, 0) is 0 Å². The summed E-state index contributed by atoms with van der Waals surface area (Å²) in [7, 11) is 1.64. The number of nitrogens with zero attached hydrogens (tertiary/aromatic N) is 3. The predicted octanol–water partition coefficient (Wildman–Crippen LogP) is -0.518. The van der Waals surface area contributed by atoms with Crippen LogP contribution in [0.3, 0.4) is 0 Å². The van der Waals surface area contributed by atoms with Crippen molar-refractivity contribution in [2.24, 2.45) is 11.7 Å². The molecule has 0 amide bonds. The number of methoxy groups -OCH3 is 1. The summed E-state index contributed by atoms with van der Waals surface area (Å²) in [6, 6.07) is -0.219. The Labute approximate surface area is 70.5 Å². The van der Waals surface area contributed by atoms with Crippen molar-refractivity contribution in [2.75, 3.05) is 13.7 Å². The number of H-pyrrole nitrogens is 1. The molecule has 0 saturated carbocycles. The summed E-state index contributed by atoms with van der Waals surface area (Å²) in [4.78, 5) is 0. The molecule has 2 unspecified atom stereocenters. The molecule has 0 aliphatic heterocycles. The quantitative estimate of drug-likeness (QED) is 0.636. The Morgan fingerprint density at radius 2 is 2.42 bits per heavy atom. The smallest absolute Gasteiger partial charge is 0.191 e. The van der Waals surface area contributed by atoms with Crippen LogP contribution in [0.1, 0.15) is 18.8 Å². The highest BCUT2D eigenvalue weighted by molar-refractivity contribution is 4.89. The van der Waals surface area contributed by atoms with Crippen molar-refractivity contribution in [1.82, 2.24) is 20.6 Å². The fourth-order valence-electron chi connectivity index (χ4n) is 0.932. The normalized spacial score (nSPS) is 15.9. The van der Waals surface area contributed by atoms with Crippen molar-refractivity contribution in [2.45, 2.75) is 13.0 Å². The number of rotatable bonds is 4. The van der Waals surface area contributed by atoms with E-state index in [9.17, 15) is 0 Å². The number of hydrogen-bond acceptors (Lipinski definition) is 5. The van der Waals surface area contributed by atoms with Gasteiger partial charge in [-0.2, -0.15) is 5.21 Å². The van der Waals surface area contributed by atoms with Crippen LogP contribution in [0.5, 0.6) is 0 Å². The highest BCUT2D eigenvalue weighted by atomic mass is 16.5. The van der Waals surface area contributed by atoms with Crippen molar-refractivity contribution < 1.29 is 4.74 Å². The molecule has 0 aliphatic carbocycles. The lowest BCUT2D eigenvalue weighted by atomic mass is 10.0. The Hall–Kier alpha value is -1.01. The maximum Gasteiger partial charge on any atom is 0.191 e. The molecule has 0 aliphatic rings. The van der Waals surface area contributed by atoms with E-state index in [1.807, 2.05) is 6.92 Å². The van der Waals surface area contributed by atoms with E-state index in [1.54, 1.807) is 7.11 Å². The van der Waals surface area contributed by atoms with Crippen LogP contribution in [-0.2, 0) is 4.74 Å². The first-order valence-corrected chi connectivity index (χ1v) is 3.73. The molecule has 0 spiro atoms. The van der Waals surface area contributed by atoms with E-state index in [4.69, 9.17) is 10.5 Å². The molecule has 1 rings (SSSR count). The van der Waals surface area contributed by atoms with Crippen molar-refractivity contribution in [3.05, 3.63) is 5.82 Å². The molecule has 2 atom stereocenters. The van der Waals surface area contributed by atoms with Gasteiger partial charge in [0.2, 0.25) is 0 Å². The third kappa shape index (κ3) is 1.99. The summed E-state index contributed by atoms with van der Waals surface area (Å²) < 4.78 is 4.96. The summed E-state index contributed by atoms with van der Waals surface area (Å²) >= 11 is 0. The molecular weight excluding hydrogens is 158 g/mol. The maximum absolute atomic E-state index is 5.80. The van der Waals surface area contributed by atoms with Crippen LogP contribution in [0.25, 0.3) is 0 Å². The van der Waals surface area contributed by atoms with Gasteiger partial charge < -0.3 is 10.5 Å². The highest BCUT2D eigenvalue weighted by Crippen LogP contribution is 2.13. The van der Waals surface area contributed by atoms with Crippen LogP contribution in [0.2, 0.25) is 0 Å². The zero-order valence-corrected chi connectivity index (χ0v) is 7.19. The standard InChI is InChI=1S/C6H13N5O/c1-4(3-12-2)5(7)6-8-10-11-9-6/h4-5H,3,7H2,1-2H3,(H,8,9,10,11). The van der Waals surface area contributed by atoms with Gasteiger partial charge >= 0.3 is 0 Å². The minimum Gasteiger partial charge on any atom is -0.384 e. The molecule has 1 heterocycles. The molecule has 0 radical (unpaired) electrons. The molecular formula is C6H13N5O. The lowest BCUT2D eigenvalue weighted by Gasteiger charge is -2.14. The number of hydrogen-bond donors (Lipinski definition) is 2. The van der Waals surface area contributed by atoms with Gasteiger partial charge in [-0.3, -0.25) is 0 Å². The Morgan fingerprint density at radius 3 is 2.92 bits per heavy atom. The summed E-state index contributed by atoms with van der Waals surface area (Å²) in [5.74, 6) is 0.715. The van der Waals surface area contributed by atoms with E-state index in [0.717, 1.165) is 0 Å². The van der Waals surface area contributed by atoms with Gasteiger partial charge in [0, 0.05) is 13.0 Å². The third-order valence-electron chi connectivity index (χ3n) is 1.70. The number of aromatic amines is 1. The van der Waals surface area contributed by atoms with E-state index >= 15 is 0 Å². The number of nitrogens with two attached hydrogens (primary N) is 1. The molecule has 6 nitrogen and oxygen atoms in total. The molecule has 0 bridgehead atoms. The second-order valence-corrected chi connectivity index (χ2v) is 2.73. The van der Waals surface area contributed by atoms with E-state index in [2.05, 4.69) is 20.6 Å². The fraction of sp³-hybridized carbons (Fsp3) is 0.833. The first-order valence-electron chi connectivity index (χ1n) is 3.73. The molecule has 0 fully saturated rings. The molecule has 1 aromatic rings. The van der Waals surface area contributed by atoms with Crippen LogP contribution in [0.15, 0.2) is 0 Å². The second kappa shape index (κ2) is 4.13. The van der Waals surface area contributed by atoms with Gasteiger partial charge in [0.15, 0.2) is 5.82 Å². The summed E-state index contributed by atoms with van der Waals surface area (Å²) in [6.07, 6.45) is 0. The highest BCUT2D eigenvalue weighted by Gasteiger charge is 2.18. The predicted molar refractivity (Wildman–Crippen MR) is 42.1 cm³/mol. The minimum atomic E-state index is -0.219. The number of aromatic nitrogens is 4. The van der Waals surface area contributed by atoms with Crippen LogP contribution < -0.4 is 5.73 Å². The molecule has 0 aromatic carbocycles. The number of tetrazole rings is 1. The Bertz CT molecular complexity index is 212. The first-order chi connectivity index (χ1) is 5.75. The summed E-state index contributed by atoms with van der Waals surface area (Å²) in [5.41, 5.74) is 5.80. The second-order valence-electron chi connectivity index (χ2n) is 2.73. The number of nitrogens with one attached hydrogen (secondary N) is 1. The molecule has 6 heteroatoms. The van der Waals surface area contributed by atoms with Gasteiger partial charge in [0.25, 0.3) is 0 Å². The first kappa shape index (κ1) is 9.08. The summed E-state index contributed by atoms with van der Waals surface area (Å²) in [6.45, 7) is 2.57. The van der Waals surface area contributed by atoms with Gasteiger partial charge in [-0.15, -0.1) is 10.2 Å². The van der Waals surface area contributed by atoms with E-state index in [1.165, 1.54) is 0 Å². The van der Waals surface area contributed by atoms with Gasteiger partial charge in [-0.25, -0.2) is 0 Å². The zero-order chi connectivity index (χ0) is 8.97. The monoisotopic (exact) mass is 171 g/mol.